The fraction of sp³-hybridized carbons (Fsp3) is 0.0943. The second-order valence-electron chi connectivity index (χ2n) is 15.2. The van der Waals surface area contributed by atoms with Gasteiger partial charge in [0, 0.05) is 33.1 Å². The van der Waals surface area contributed by atoms with E-state index in [1.54, 1.807) is 0 Å². The first-order valence-corrected chi connectivity index (χ1v) is 19.6. The van der Waals surface area contributed by atoms with E-state index in [1.807, 2.05) is 6.07 Å². The van der Waals surface area contributed by atoms with Crippen molar-refractivity contribution < 1.29 is 4.42 Å². The molecular weight excluding hydrogens is 667 g/mol. The molecule has 0 amide bonds. The number of furan rings is 1. The van der Waals surface area contributed by atoms with Gasteiger partial charge in [0.25, 0.3) is 0 Å². The van der Waals surface area contributed by atoms with Crippen LogP contribution < -0.4 is 4.90 Å². The highest BCUT2D eigenvalue weighted by molar-refractivity contribution is 6.07. The highest BCUT2D eigenvalue weighted by Gasteiger charge is 2.45. The topological polar surface area (TPSA) is 16.4 Å². The van der Waals surface area contributed by atoms with Crippen LogP contribution in [-0.4, -0.2) is 0 Å². The molecule has 0 atom stereocenters. The van der Waals surface area contributed by atoms with Gasteiger partial charge < -0.3 is 9.32 Å². The second-order valence-corrected chi connectivity index (χ2v) is 15.2. The molecule has 2 heteroatoms. The molecule has 0 aliphatic heterocycles. The predicted octanol–water partition coefficient (Wildman–Crippen LogP) is 14.9. The molecule has 55 heavy (non-hydrogen) atoms. The Morgan fingerprint density at radius 2 is 0.927 bits per heavy atom. The van der Waals surface area contributed by atoms with Gasteiger partial charge in [0.15, 0.2) is 0 Å². The standard InChI is InChI=1S/C53H39NO/c1-2-16-36(17-3-1)39-18-4-5-19-40(39)41-20-6-7-21-42(41)44-23-9-12-26-50(44)54(38-29-31-52-47(35-38)45-24-10-13-27-51(45)55-52)37-28-30-49-46(34-37)43-22-8-11-25-48(43)53(49)32-14-15-33-53/h1-13,16-31,34-35H,14-15,32-33H2. The molecule has 1 fully saturated rings. The third kappa shape index (κ3) is 5.02. The molecule has 2 nitrogen and oxygen atoms in total. The Morgan fingerprint density at radius 1 is 0.382 bits per heavy atom. The van der Waals surface area contributed by atoms with E-state index in [4.69, 9.17) is 4.42 Å². The van der Waals surface area contributed by atoms with Crippen molar-refractivity contribution in [2.45, 2.75) is 31.1 Å². The molecule has 1 spiro atoms. The minimum absolute atomic E-state index is 0.118. The Hall–Kier alpha value is -6.64. The van der Waals surface area contributed by atoms with E-state index in [2.05, 4.69) is 187 Å². The molecule has 0 N–H and O–H groups in total. The highest BCUT2D eigenvalue weighted by atomic mass is 16.3. The van der Waals surface area contributed by atoms with E-state index in [-0.39, 0.29) is 5.41 Å². The molecule has 1 heterocycles. The lowest BCUT2D eigenvalue weighted by Gasteiger charge is -2.30. The molecule has 1 saturated carbocycles. The van der Waals surface area contributed by atoms with Crippen LogP contribution in [0.15, 0.2) is 192 Å². The molecule has 0 bridgehead atoms. The van der Waals surface area contributed by atoms with E-state index in [9.17, 15) is 0 Å². The van der Waals surface area contributed by atoms with Crippen molar-refractivity contribution in [3.05, 3.63) is 199 Å². The first-order chi connectivity index (χ1) is 27.3. The number of hydrogen-bond donors (Lipinski definition) is 0. The van der Waals surface area contributed by atoms with Crippen LogP contribution in [0.4, 0.5) is 17.1 Å². The Balaban J connectivity index is 1.15. The van der Waals surface area contributed by atoms with Gasteiger partial charge in [0.2, 0.25) is 0 Å². The fourth-order valence-electron chi connectivity index (χ4n) is 9.83. The summed E-state index contributed by atoms with van der Waals surface area (Å²) in [5, 5.41) is 2.24. The molecule has 0 radical (unpaired) electrons. The quantitative estimate of drug-likeness (QED) is 0.171. The van der Waals surface area contributed by atoms with Crippen LogP contribution in [0, 0.1) is 0 Å². The molecule has 9 aromatic rings. The van der Waals surface area contributed by atoms with Gasteiger partial charge in [0.1, 0.15) is 11.2 Å². The van der Waals surface area contributed by atoms with E-state index in [1.165, 1.54) is 81.3 Å². The number of benzene rings is 8. The van der Waals surface area contributed by atoms with Crippen LogP contribution in [0.25, 0.3) is 66.4 Å². The van der Waals surface area contributed by atoms with Crippen molar-refractivity contribution in [1.29, 1.82) is 0 Å². The van der Waals surface area contributed by atoms with Crippen LogP contribution in [0.5, 0.6) is 0 Å². The van der Waals surface area contributed by atoms with Gasteiger partial charge >= 0.3 is 0 Å². The summed E-state index contributed by atoms with van der Waals surface area (Å²) in [6.07, 6.45) is 4.99. The predicted molar refractivity (Wildman–Crippen MR) is 229 cm³/mol. The van der Waals surface area contributed by atoms with Gasteiger partial charge in [-0.1, -0.05) is 158 Å². The molecule has 8 aromatic carbocycles. The van der Waals surface area contributed by atoms with Gasteiger partial charge in [-0.05, 0) is 105 Å². The summed E-state index contributed by atoms with van der Waals surface area (Å²) in [5.74, 6) is 0. The maximum absolute atomic E-state index is 6.34. The third-order valence-electron chi connectivity index (χ3n) is 12.2. The SMILES string of the molecule is c1ccc(-c2ccccc2-c2ccccc2-c2ccccc2N(c2ccc3c(c2)-c2ccccc2C32CCCC2)c2ccc3oc4ccccc4c3c2)cc1. The molecule has 0 unspecified atom stereocenters. The van der Waals surface area contributed by atoms with E-state index in [0.717, 1.165) is 39.0 Å². The largest absolute Gasteiger partial charge is 0.456 e. The normalized spacial score (nSPS) is 14.0. The van der Waals surface area contributed by atoms with E-state index < -0.39 is 0 Å². The van der Waals surface area contributed by atoms with Crippen molar-refractivity contribution in [1.82, 2.24) is 0 Å². The lowest BCUT2D eigenvalue weighted by atomic mass is 9.77. The zero-order chi connectivity index (χ0) is 36.3. The Kier molecular flexibility index (Phi) is 7.38. The monoisotopic (exact) mass is 705 g/mol. The number of fused-ring (bicyclic) bond motifs is 8. The molecule has 0 saturated heterocycles. The molecule has 11 rings (SSSR count). The smallest absolute Gasteiger partial charge is 0.135 e. The summed E-state index contributed by atoms with van der Waals surface area (Å²) in [4.78, 5) is 2.47. The fourth-order valence-corrected chi connectivity index (χ4v) is 9.83. The van der Waals surface area contributed by atoms with E-state index in [0.29, 0.717) is 0 Å². The number of anilines is 3. The molecule has 2 aliphatic carbocycles. The molecular formula is C53H39NO. The molecule has 262 valence electrons. The van der Waals surface area contributed by atoms with Crippen LogP contribution in [-0.2, 0) is 5.41 Å². The summed E-state index contributed by atoms with van der Waals surface area (Å²) in [6.45, 7) is 0. The number of hydrogen-bond acceptors (Lipinski definition) is 2. The Morgan fingerprint density at radius 3 is 1.73 bits per heavy atom. The van der Waals surface area contributed by atoms with Gasteiger partial charge in [-0.15, -0.1) is 0 Å². The second kappa shape index (κ2) is 12.7. The van der Waals surface area contributed by atoms with Crippen molar-refractivity contribution >= 4 is 39.0 Å². The average Bonchev–Trinajstić information content (AvgIpc) is 3.97. The summed E-state index contributed by atoms with van der Waals surface area (Å²) in [7, 11) is 0. The first-order valence-electron chi connectivity index (χ1n) is 19.6. The summed E-state index contributed by atoms with van der Waals surface area (Å²) in [5.41, 5.74) is 18.2. The van der Waals surface area contributed by atoms with E-state index >= 15 is 0 Å². The maximum Gasteiger partial charge on any atom is 0.135 e. The Bertz CT molecular complexity index is 2890. The Labute approximate surface area is 322 Å². The molecule has 2 aliphatic rings. The number of nitrogens with zero attached hydrogens (tertiary/aromatic N) is 1. The number of para-hydroxylation sites is 2. The van der Waals surface area contributed by atoms with Crippen LogP contribution in [0.3, 0.4) is 0 Å². The van der Waals surface area contributed by atoms with Gasteiger partial charge in [-0.3, -0.25) is 0 Å². The zero-order valence-corrected chi connectivity index (χ0v) is 30.6. The third-order valence-corrected chi connectivity index (χ3v) is 12.2. The van der Waals surface area contributed by atoms with Crippen molar-refractivity contribution in [2.75, 3.05) is 4.90 Å². The first kappa shape index (κ1) is 31.8. The van der Waals surface area contributed by atoms with Crippen molar-refractivity contribution in [2.24, 2.45) is 0 Å². The summed E-state index contributed by atoms with van der Waals surface area (Å²) in [6, 6.07) is 68.8. The minimum Gasteiger partial charge on any atom is -0.456 e. The lowest BCUT2D eigenvalue weighted by molar-refractivity contribution is 0.550. The van der Waals surface area contributed by atoms with Crippen LogP contribution in [0.1, 0.15) is 36.8 Å². The van der Waals surface area contributed by atoms with Gasteiger partial charge in [-0.2, -0.15) is 0 Å². The molecule has 1 aromatic heterocycles. The van der Waals surface area contributed by atoms with Crippen molar-refractivity contribution in [3.8, 4) is 44.5 Å². The summed E-state index contributed by atoms with van der Waals surface area (Å²) >= 11 is 0. The lowest BCUT2D eigenvalue weighted by Crippen LogP contribution is -2.20. The van der Waals surface area contributed by atoms with Gasteiger partial charge in [0.05, 0.1) is 5.69 Å². The minimum atomic E-state index is 0.118. The summed E-state index contributed by atoms with van der Waals surface area (Å²) < 4.78 is 6.34. The highest BCUT2D eigenvalue weighted by Crippen LogP contribution is 2.58. The van der Waals surface area contributed by atoms with Crippen LogP contribution >= 0.6 is 0 Å². The van der Waals surface area contributed by atoms with Crippen molar-refractivity contribution in [3.63, 3.8) is 0 Å². The van der Waals surface area contributed by atoms with Crippen LogP contribution in [0.2, 0.25) is 0 Å². The zero-order valence-electron chi connectivity index (χ0n) is 30.6. The maximum atomic E-state index is 6.34. The number of rotatable bonds is 6. The van der Waals surface area contributed by atoms with Gasteiger partial charge in [-0.25, -0.2) is 0 Å². The average molecular weight is 706 g/mol.